The van der Waals surface area contributed by atoms with Gasteiger partial charge in [0.25, 0.3) is 5.91 Å². The van der Waals surface area contributed by atoms with E-state index in [1.54, 1.807) is 31.3 Å². The van der Waals surface area contributed by atoms with Crippen molar-refractivity contribution in [2.75, 3.05) is 14.2 Å². The molecule has 0 unspecified atom stereocenters. The molecule has 1 aliphatic rings. The molecule has 1 aliphatic heterocycles. The molecular formula is C30H24N2O5S. The Bertz CT molecular complexity index is 1580. The van der Waals surface area contributed by atoms with E-state index in [0.29, 0.717) is 27.3 Å². The quantitative estimate of drug-likeness (QED) is 0.283. The Balaban J connectivity index is 1.56. The van der Waals surface area contributed by atoms with E-state index in [4.69, 9.17) is 14.5 Å². The molecule has 4 aromatic carbocycles. The maximum atomic E-state index is 13.7. The highest BCUT2D eigenvalue weighted by molar-refractivity contribution is 8.18. The predicted octanol–water partition coefficient (Wildman–Crippen LogP) is 6.36. The molecule has 7 nitrogen and oxygen atoms in total. The van der Waals surface area contributed by atoms with Gasteiger partial charge in [-0.25, -0.2) is 9.79 Å². The lowest BCUT2D eigenvalue weighted by Crippen LogP contribution is -2.28. The normalized spacial score (nSPS) is 15.4. The third-order valence-electron chi connectivity index (χ3n) is 6.15. The zero-order valence-electron chi connectivity index (χ0n) is 20.8. The van der Waals surface area contributed by atoms with E-state index >= 15 is 0 Å². The van der Waals surface area contributed by atoms with Crippen molar-refractivity contribution in [3.63, 3.8) is 0 Å². The number of carboxylic acids is 1. The van der Waals surface area contributed by atoms with Crippen LogP contribution < -0.4 is 9.47 Å². The van der Waals surface area contributed by atoms with E-state index in [-0.39, 0.29) is 18.0 Å². The second-order valence-electron chi connectivity index (χ2n) is 8.50. The number of rotatable bonds is 7. The lowest BCUT2D eigenvalue weighted by Gasteiger charge is -2.16. The van der Waals surface area contributed by atoms with Gasteiger partial charge >= 0.3 is 5.97 Å². The summed E-state index contributed by atoms with van der Waals surface area (Å²) in [7, 11) is 3.21. The van der Waals surface area contributed by atoms with Crippen LogP contribution in [0.4, 0.5) is 5.69 Å². The minimum Gasteiger partial charge on any atom is -0.497 e. The molecule has 0 saturated carbocycles. The van der Waals surface area contributed by atoms with E-state index in [1.165, 1.54) is 23.9 Å². The largest absolute Gasteiger partial charge is 0.497 e. The Morgan fingerprint density at radius 3 is 2.37 bits per heavy atom. The molecule has 1 N–H and O–H groups in total. The smallest absolute Gasteiger partial charge is 0.335 e. The molecular weight excluding hydrogens is 500 g/mol. The summed E-state index contributed by atoms with van der Waals surface area (Å²) in [5.41, 5.74) is 2.47. The molecule has 0 spiro atoms. The van der Waals surface area contributed by atoms with Crippen LogP contribution in [0.1, 0.15) is 21.5 Å². The summed E-state index contributed by atoms with van der Waals surface area (Å²) < 4.78 is 10.9. The molecule has 0 atom stereocenters. The Morgan fingerprint density at radius 1 is 0.947 bits per heavy atom. The van der Waals surface area contributed by atoms with Gasteiger partial charge in [0.05, 0.1) is 36.9 Å². The highest BCUT2D eigenvalue weighted by atomic mass is 32.2. The lowest BCUT2D eigenvalue weighted by atomic mass is 10.0. The molecule has 4 aromatic rings. The molecule has 1 heterocycles. The van der Waals surface area contributed by atoms with Crippen LogP contribution in [0.2, 0.25) is 0 Å². The number of ether oxygens (including phenoxy) is 2. The van der Waals surface area contributed by atoms with Crippen molar-refractivity contribution >= 4 is 51.3 Å². The first-order chi connectivity index (χ1) is 18.5. The van der Waals surface area contributed by atoms with E-state index in [1.807, 2.05) is 66.7 Å². The molecule has 190 valence electrons. The fourth-order valence-corrected chi connectivity index (χ4v) is 5.15. The van der Waals surface area contributed by atoms with Crippen LogP contribution in [0.3, 0.4) is 0 Å². The number of fused-ring (bicyclic) bond motifs is 1. The maximum Gasteiger partial charge on any atom is 0.335 e. The number of benzene rings is 4. The zero-order chi connectivity index (χ0) is 26.6. The summed E-state index contributed by atoms with van der Waals surface area (Å²) in [5.74, 6) is 0.184. The van der Waals surface area contributed by atoms with Crippen molar-refractivity contribution in [3.05, 3.63) is 107 Å². The van der Waals surface area contributed by atoms with Gasteiger partial charge in [-0.2, -0.15) is 0 Å². The van der Waals surface area contributed by atoms with E-state index in [0.717, 1.165) is 21.9 Å². The van der Waals surface area contributed by atoms with Crippen LogP contribution in [0.25, 0.3) is 16.8 Å². The minimum atomic E-state index is -1.000. The minimum absolute atomic E-state index is 0.187. The number of methoxy groups -OCH3 is 2. The van der Waals surface area contributed by atoms with Crippen molar-refractivity contribution in [3.8, 4) is 11.5 Å². The second kappa shape index (κ2) is 10.8. The summed E-state index contributed by atoms with van der Waals surface area (Å²) in [6, 6.07) is 25.6. The third kappa shape index (κ3) is 5.12. The average molecular weight is 525 g/mol. The second-order valence-corrected chi connectivity index (χ2v) is 9.51. The van der Waals surface area contributed by atoms with E-state index in [2.05, 4.69) is 0 Å². The predicted molar refractivity (Wildman–Crippen MR) is 150 cm³/mol. The highest BCUT2D eigenvalue weighted by Gasteiger charge is 2.34. The molecule has 38 heavy (non-hydrogen) atoms. The fraction of sp³-hybridized carbons (Fsp3) is 0.100. The molecule has 1 saturated heterocycles. The average Bonchev–Trinajstić information content (AvgIpc) is 3.22. The number of carboxylic acid groups (broad SMARTS) is 1. The lowest BCUT2D eigenvalue weighted by molar-refractivity contribution is -0.122. The summed E-state index contributed by atoms with van der Waals surface area (Å²) >= 11 is 1.29. The van der Waals surface area contributed by atoms with Crippen LogP contribution in [0.15, 0.2) is 94.8 Å². The molecule has 0 radical (unpaired) electrons. The topological polar surface area (TPSA) is 88.4 Å². The van der Waals surface area contributed by atoms with Crippen LogP contribution in [-0.2, 0) is 11.3 Å². The third-order valence-corrected chi connectivity index (χ3v) is 7.16. The highest BCUT2D eigenvalue weighted by Crippen LogP contribution is 2.38. The Hall–Kier alpha value is -4.56. The number of thioether (sulfide) groups is 1. The number of amides is 1. The SMILES string of the molecule is COc1ccc(N=C2S/C(=C/c3c(OC)ccc4ccccc34)C(=O)N2Cc2ccc(C(=O)O)cc2)cc1. The van der Waals surface area contributed by atoms with Gasteiger partial charge < -0.3 is 14.6 Å². The van der Waals surface area contributed by atoms with Crippen LogP contribution in [0, 0.1) is 0 Å². The van der Waals surface area contributed by atoms with Crippen LogP contribution in [0.5, 0.6) is 11.5 Å². The van der Waals surface area contributed by atoms with Gasteiger partial charge in [-0.1, -0.05) is 42.5 Å². The zero-order valence-corrected chi connectivity index (χ0v) is 21.6. The first-order valence-electron chi connectivity index (χ1n) is 11.8. The van der Waals surface area contributed by atoms with Gasteiger partial charge in [-0.15, -0.1) is 0 Å². The van der Waals surface area contributed by atoms with E-state index < -0.39 is 5.97 Å². The molecule has 0 bridgehead atoms. The monoisotopic (exact) mass is 524 g/mol. The first-order valence-corrected chi connectivity index (χ1v) is 12.6. The maximum absolute atomic E-state index is 13.7. The van der Waals surface area contributed by atoms with Gasteiger partial charge in [-0.3, -0.25) is 9.69 Å². The van der Waals surface area contributed by atoms with Crippen molar-refractivity contribution < 1.29 is 24.2 Å². The Labute approximate surface area is 224 Å². The molecule has 5 rings (SSSR count). The Morgan fingerprint density at radius 2 is 1.68 bits per heavy atom. The van der Waals surface area contributed by atoms with Crippen molar-refractivity contribution in [1.82, 2.24) is 4.90 Å². The molecule has 0 aromatic heterocycles. The summed E-state index contributed by atoms with van der Waals surface area (Å²) in [4.78, 5) is 31.9. The van der Waals surface area contributed by atoms with Crippen LogP contribution >= 0.6 is 11.8 Å². The number of hydrogen-bond donors (Lipinski definition) is 1. The Kier molecular flexibility index (Phi) is 7.15. The number of aliphatic imine (C=N–C) groups is 1. The summed E-state index contributed by atoms with van der Waals surface area (Å²) in [5, 5.41) is 11.8. The molecule has 1 fully saturated rings. The van der Waals surface area contributed by atoms with Gasteiger partial charge in [0.15, 0.2) is 5.17 Å². The summed E-state index contributed by atoms with van der Waals surface area (Å²) in [6.45, 7) is 0.241. The fourth-order valence-electron chi connectivity index (χ4n) is 4.17. The molecule has 1 amide bonds. The van der Waals surface area contributed by atoms with Gasteiger partial charge in [0.2, 0.25) is 0 Å². The number of carbonyl (C=O) groups is 2. The van der Waals surface area contributed by atoms with Gasteiger partial charge in [0.1, 0.15) is 11.5 Å². The summed E-state index contributed by atoms with van der Waals surface area (Å²) in [6.07, 6.45) is 1.85. The van der Waals surface area contributed by atoms with Crippen LogP contribution in [-0.4, -0.2) is 41.3 Å². The number of hydrogen-bond acceptors (Lipinski definition) is 6. The van der Waals surface area contributed by atoms with E-state index in [9.17, 15) is 14.7 Å². The van der Waals surface area contributed by atoms with Crippen molar-refractivity contribution in [2.45, 2.75) is 6.54 Å². The van der Waals surface area contributed by atoms with Gasteiger partial charge in [-0.05, 0) is 76.6 Å². The number of amidine groups is 1. The number of carbonyl (C=O) groups excluding carboxylic acids is 1. The van der Waals surface area contributed by atoms with Crippen molar-refractivity contribution in [1.29, 1.82) is 0 Å². The first kappa shape index (κ1) is 25.1. The van der Waals surface area contributed by atoms with Gasteiger partial charge in [0, 0.05) is 5.56 Å². The number of nitrogens with zero attached hydrogens (tertiary/aromatic N) is 2. The van der Waals surface area contributed by atoms with Crippen molar-refractivity contribution in [2.24, 2.45) is 4.99 Å². The standard InChI is InChI=1S/C30H24N2O5S/c1-36-23-14-12-22(13-15-23)31-30-32(18-19-7-9-21(10-8-19)29(34)35)28(33)27(38-30)17-25-24-6-4-3-5-20(24)11-16-26(25)37-2/h3-17H,18H2,1-2H3,(H,34,35)/b27-17+,31-30?. The molecule has 0 aliphatic carbocycles. The molecule has 8 heteroatoms. The number of aromatic carboxylic acids is 1.